The number of carbonyl (C=O) groups excluding carboxylic acids is 2. The maximum atomic E-state index is 12.1. The number of hydrogen-bond acceptors (Lipinski definition) is 4. The normalized spacial score (nSPS) is 20.5. The summed E-state index contributed by atoms with van der Waals surface area (Å²) in [6.45, 7) is 3.56. The Bertz CT molecular complexity index is 528. The lowest BCUT2D eigenvalue weighted by molar-refractivity contribution is -0.122. The Kier molecular flexibility index (Phi) is 5.28. The van der Waals surface area contributed by atoms with E-state index in [4.69, 9.17) is 4.74 Å². The predicted octanol–water partition coefficient (Wildman–Crippen LogP) is 2.45. The highest BCUT2D eigenvalue weighted by Gasteiger charge is 2.29. The molecule has 23 heavy (non-hydrogen) atoms. The average Bonchev–Trinajstić information content (AvgIpc) is 2.61. The first kappa shape index (κ1) is 16.0. The number of benzene rings is 1. The lowest BCUT2D eigenvalue weighted by atomic mass is 10.00. The van der Waals surface area contributed by atoms with Crippen molar-refractivity contribution in [2.45, 2.75) is 38.3 Å². The van der Waals surface area contributed by atoms with Crippen LogP contribution in [0.5, 0.6) is 0 Å². The number of ketones is 1. The highest BCUT2D eigenvalue weighted by atomic mass is 16.6. The highest BCUT2D eigenvalue weighted by molar-refractivity contribution is 5.79. The molecular formula is C18H24N2O3. The number of likely N-dealkylation sites (tertiary alicyclic amines) is 2. The molecule has 2 heterocycles. The van der Waals surface area contributed by atoms with Crippen molar-refractivity contribution in [3.8, 4) is 0 Å². The zero-order valence-corrected chi connectivity index (χ0v) is 13.4. The largest absolute Gasteiger partial charge is 0.445 e. The summed E-state index contributed by atoms with van der Waals surface area (Å²) in [6, 6.07) is 10.2. The molecule has 0 bridgehead atoms. The molecule has 2 fully saturated rings. The van der Waals surface area contributed by atoms with Crippen LogP contribution in [0.15, 0.2) is 30.3 Å². The third-order valence-corrected chi connectivity index (χ3v) is 4.80. The smallest absolute Gasteiger partial charge is 0.410 e. The molecule has 0 spiro atoms. The van der Waals surface area contributed by atoms with E-state index in [1.54, 1.807) is 4.90 Å². The summed E-state index contributed by atoms with van der Waals surface area (Å²) < 4.78 is 5.39. The van der Waals surface area contributed by atoms with E-state index >= 15 is 0 Å². The van der Waals surface area contributed by atoms with E-state index in [0.717, 1.165) is 44.6 Å². The maximum Gasteiger partial charge on any atom is 0.410 e. The van der Waals surface area contributed by atoms with Gasteiger partial charge in [-0.1, -0.05) is 30.3 Å². The van der Waals surface area contributed by atoms with E-state index in [0.29, 0.717) is 31.3 Å². The quantitative estimate of drug-likeness (QED) is 0.859. The summed E-state index contributed by atoms with van der Waals surface area (Å²) in [5.74, 6) is 0.378. The minimum Gasteiger partial charge on any atom is -0.445 e. The zero-order valence-electron chi connectivity index (χ0n) is 13.4. The molecule has 1 aromatic rings. The van der Waals surface area contributed by atoms with Gasteiger partial charge in [-0.15, -0.1) is 0 Å². The number of carbonyl (C=O) groups is 2. The fraction of sp³-hybridized carbons (Fsp3) is 0.556. The second-order valence-corrected chi connectivity index (χ2v) is 6.33. The standard InChI is InChI=1S/C18H24N2O3/c21-17-8-12-19(13-9-17)16-6-10-20(11-7-16)18(22)23-14-15-4-2-1-3-5-15/h1-5,16H,6-14H2. The van der Waals surface area contributed by atoms with Crippen molar-refractivity contribution in [2.24, 2.45) is 0 Å². The molecule has 0 N–H and O–H groups in total. The number of ether oxygens (including phenoxy) is 1. The molecule has 0 radical (unpaired) electrons. The molecular weight excluding hydrogens is 292 g/mol. The second kappa shape index (κ2) is 7.59. The van der Waals surface area contributed by atoms with Crippen LogP contribution in [-0.4, -0.2) is 53.9 Å². The fourth-order valence-corrected chi connectivity index (χ4v) is 3.36. The van der Waals surface area contributed by atoms with Gasteiger partial charge < -0.3 is 9.64 Å². The Morgan fingerprint density at radius 2 is 1.70 bits per heavy atom. The Morgan fingerprint density at radius 1 is 1.04 bits per heavy atom. The monoisotopic (exact) mass is 316 g/mol. The molecule has 0 aromatic heterocycles. The van der Waals surface area contributed by atoms with Crippen molar-refractivity contribution in [1.82, 2.24) is 9.80 Å². The Morgan fingerprint density at radius 3 is 2.35 bits per heavy atom. The van der Waals surface area contributed by atoms with Gasteiger partial charge in [-0.2, -0.15) is 0 Å². The summed E-state index contributed by atoms with van der Waals surface area (Å²) >= 11 is 0. The minimum atomic E-state index is -0.221. The molecule has 0 saturated carbocycles. The van der Waals surface area contributed by atoms with Crippen LogP contribution in [0.3, 0.4) is 0 Å². The van der Waals surface area contributed by atoms with Gasteiger partial charge in [0.05, 0.1) is 0 Å². The number of Topliss-reactive ketones (excluding diaryl/α,β-unsaturated/α-hetero) is 1. The van der Waals surface area contributed by atoms with Gasteiger partial charge in [0.1, 0.15) is 12.4 Å². The third kappa shape index (κ3) is 4.32. The van der Waals surface area contributed by atoms with Crippen LogP contribution >= 0.6 is 0 Å². The van der Waals surface area contributed by atoms with E-state index in [2.05, 4.69) is 4.90 Å². The van der Waals surface area contributed by atoms with Crippen LogP contribution in [0.4, 0.5) is 4.79 Å². The molecule has 5 heteroatoms. The van der Waals surface area contributed by atoms with Gasteiger partial charge in [0.15, 0.2) is 0 Å². The van der Waals surface area contributed by atoms with Gasteiger partial charge in [0, 0.05) is 45.1 Å². The summed E-state index contributed by atoms with van der Waals surface area (Å²) in [5.41, 5.74) is 1.01. The Hall–Kier alpha value is -1.88. The van der Waals surface area contributed by atoms with Crippen molar-refractivity contribution < 1.29 is 14.3 Å². The zero-order chi connectivity index (χ0) is 16.1. The average molecular weight is 316 g/mol. The summed E-state index contributed by atoms with van der Waals surface area (Å²) in [5, 5.41) is 0. The van der Waals surface area contributed by atoms with Crippen molar-refractivity contribution in [3.05, 3.63) is 35.9 Å². The summed E-state index contributed by atoms with van der Waals surface area (Å²) in [6.07, 6.45) is 3.07. The van der Waals surface area contributed by atoms with Crippen molar-refractivity contribution in [2.75, 3.05) is 26.2 Å². The van der Waals surface area contributed by atoms with Crippen LogP contribution in [-0.2, 0) is 16.1 Å². The molecule has 1 amide bonds. The highest BCUT2D eigenvalue weighted by Crippen LogP contribution is 2.20. The maximum absolute atomic E-state index is 12.1. The van der Waals surface area contributed by atoms with Gasteiger partial charge >= 0.3 is 6.09 Å². The minimum absolute atomic E-state index is 0.221. The molecule has 0 atom stereocenters. The topological polar surface area (TPSA) is 49.9 Å². The number of piperidine rings is 2. The van der Waals surface area contributed by atoms with Crippen LogP contribution in [0.1, 0.15) is 31.2 Å². The number of nitrogens with zero attached hydrogens (tertiary/aromatic N) is 2. The molecule has 3 rings (SSSR count). The lowest BCUT2D eigenvalue weighted by Crippen LogP contribution is -2.49. The van der Waals surface area contributed by atoms with Gasteiger partial charge in [-0.3, -0.25) is 9.69 Å². The predicted molar refractivity (Wildman–Crippen MR) is 87.0 cm³/mol. The molecule has 5 nitrogen and oxygen atoms in total. The summed E-state index contributed by atoms with van der Waals surface area (Å²) in [7, 11) is 0. The first-order valence-electron chi connectivity index (χ1n) is 8.44. The second-order valence-electron chi connectivity index (χ2n) is 6.33. The van der Waals surface area contributed by atoms with Crippen molar-refractivity contribution in [1.29, 1.82) is 0 Å². The molecule has 2 aliphatic heterocycles. The number of rotatable bonds is 3. The van der Waals surface area contributed by atoms with Crippen LogP contribution in [0.25, 0.3) is 0 Å². The third-order valence-electron chi connectivity index (χ3n) is 4.80. The molecule has 0 aliphatic carbocycles. The fourth-order valence-electron chi connectivity index (χ4n) is 3.36. The molecule has 1 aromatic carbocycles. The Labute approximate surface area is 137 Å². The van der Waals surface area contributed by atoms with Gasteiger partial charge in [0.2, 0.25) is 0 Å². The summed E-state index contributed by atoms with van der Waals surface area (Å²) in [4.78, 5) is 27.7. The van der Waals surface area contributed by atoms with E-state index < -0.39 is 0 Å². The van der Waals surface area contributed by atoms with Crippen LogP contribution in [0, 0.1) is 0 Å². The molecule has 0 unspecified atom stereocenters. The van der Waals surface area contributed by atoms with Gasteiger partial charge in [-0.25, -0.2) is 4.79 Å². The lowest BCUT2D eigenvalue weighted by Gasteiger charge is -2.39. The number of hydrogen-bond donors (Lipinski definition) is 0. The van der Waals surface area contributed by atoms with Crippen LogP contribution in [0.2, 0.25) is 0 Å². The van der Waals surface area contributed by atoms with Gasteiger partial charge in [-0.05, 0) is 18.4 Å². The van der Waals surface area contributed by atoms with E-state index in [1.165, 1.54) is 0 Å². The van der Waals surface area contributed by atoms with Gasteiger partial charge in [0.25, 0.3) is 0 Å². The van der Waals surface area contributed by atoms with E-state index in [1.807, 2.05) is 30.3 Å². The molecule has 2 aliphatic rings. The molecule has 2 saturated heterocycles. The van der Waals surface area contributed by atoms with E-state index in [-0.39, 0.29) is 6.09 Å². The van der Waals surface area contributed by atoms with Crippen molar-refractivity contribution >= 4 is 11.9 Å². The first-order chi connectivity index (χ1) is 11.2. The van der Waals surface area contributed by atoms with Crippen LogP contribution < -0.4 is 0 Å². The first-order valence-corrected chi connectivity index (χ1v) is 8.44. The van der Waals surface area contributed by atoms with E-state index in [9.17, 15) is 9.59 Å². The SMILES string of the molecule is O=C1CCN(C2CCN(C(=O)OCc3ccccc3)CC2)CC1. The van der Waals surface area contributed by atoms with Crippen molar-refractivity contribution in [3.63, 3.8) is 0 Å². The Balaban J connectivity index is 1.41. The molecule has 124 valence electrons. The number of amides is 1.